The predicted octanol–water partition coefficient (Wildman–Crippen LogP) is 2.17. The van der Waals surface area contributed by atoms with Gasteiger partial charge in [0.2, 0.25) is 5.91 Å². The van der Waals surface area contributed by atoms with Gasteiger partial charge in [0.25, 0.3) is 5.91 Å². The summed E-state index contributed by atoms with van der Waals surface area (Å²) >= 11 is 0. The molecule has 3 rings (SSSR count). The Morgan fingerprint density at radius 3 is 2.32 bits per heavy atom. The van der Waals surface area contributed by atoms with Crippen molar-refractivity contribution in [3.8, 4) is 0 Å². The molecule has 0 N–H and O–H groups in total. The maximum atomic E-state index is 12.8. The van der Waals surface area contributed by atoms with Crippen molar-refractivity contribution in [3.05, 3.63) is 58.9 Å². The molecule has 132 valence electrons. The van der Waals surface area contributed by atoms with E-state index < -0.39 is 0 Å². The van der Waals surface area contributed by atoms with E-state index >= 15 is 0 Å². The summed E-state index contributed by atoms with van der Waals surface area (Å²) < 4.78 is 1.95. The number of benzene rings is 1. The van der Waals surface area contributed by atoms with Crippen molar-refractivity contribution in [2.45, 2.75) is 20.3 Å². The van der Waals surface area contributed by atoms with Crippen molar-refractivity contribution in [2.24, 2.45) is 7.05 Å². The van der Waals surface area contributed by atoms with Crippen LogP contribution in [0.15, 0.2) is 36.7 Å². The molecular formula is C20H25N3O2. The van der Waals surface area contributed by atoms with Gasteiger partial charge >= 0.3 is 0 Å². The van der Waals surface area contributed by atoms with Gasteiger partial charge in [-0.3, -0.25) is 9.59 Å². The minimum atomic E-state index is 0.0661. The molecule has 0 atom stereocenters. The minimum Gasteiger partial charge on any atom is -0.357 e. The van der Waals surface area contributed by atoms with E-state index in [0.717, 1.165) is 22.3 Å². The molecule has 0 aliphatic carbocycles. The monoisotopic (exact) mass is 339 g/mol. The van der Waals surface area contributed by atoms with Crippen molar-refractivity contribution in [2.75, 3.05) is 26.2 Å². The van der Waals surface area contributed by atoms with Gasteiger partial charge in [-0.05, 0) is 37.1 Å². The van der Waals surface area contributed by atoms with E-state index in [1.54, 1.807) is 0 Å². The molecule has 25 heavy (non-hydrogen) atoms. The van der Waals surface area contributed by atoms with Gasteiger partial charge in [0.15, 0.2) is 0 Å². The van der Waals surface area contributed by atoms with E-state index in [1.807, 2.05) is 71.9 Å². The fraction of sp³-hybridized carbons (Fsp3) is 0.400. The van der Waals surface area contributed by atoms with Crippen LogP contribution < -0.4 is 0 Å². The third-order valence-corrected chi connectivity index (χ3v) is 4.79. The first-order chi connectivity index (χ1) is 11.9. The maximum absolute atomic E-state index is 12.8. The zero-order valence-corrected chi connectivity index (χ0v) is 15.2. The highest BCUT2D eigenvalue weighted by Gasteiger charge is 2.25. The first-order valence-electron chi connectivity index (χ1n) is 8.69. The van der Waals surface area contributed by atoms with E-state index in [9.17, 15) is 9.59 Å². The van der Waals surface area contributed by atoms with E-state index in [-0.39, 0.29) is 11.8 Å². The lowest BCUT2D eigenvalue weighted by molar-refractivity contribution is -0.131. The van der Waals surface area contributed by atoms with Crippen LogP contribution in [0, 0.1) is 13.8 Å². The van der Waals surface area contributed by atoms with Crippen molar-refractivity contribution in [1.29, 1.82) is 0 Å². The van der Waals surface area contributed by atoms with Crippen LogP contribution in [0.1, 0.15) is 27.0 Å². The second-order valence-electron chi connectivity index (χ2n) is 6.85. The number of carbonyl (C=O) groups excluding carboxylic acids is 2. The number of hydrogen-bond donors (Lipinski definition) is 0. The maximum Gasteiger partial charge on any atom is 0.254 e. The van der Waals surface area contributed by atoms with Crippen LogP contribution in [-0.2, 0) is 18.3 Å². The Labute approximate surface area is 148 Å². The Morgan fingerprint density at radius 1 is 1.00 bits per heavy atom. The molecule has 0 unspecified atom stereocenters. The summed E-state index contributed by atoms with van der Waals surface area (Å²) in [7, 11) is 1.95. The van der Waals surface area contributed by atoms with Crippen LogP contribution in [0.4, 0.5) is 0 Å². The number of hydrogen-bond acceptors (Lipinski definition) is 2. The third kappa shape index (κ3) is 3.92. The molecule has 0 spiro atoms. The van der Waals surface area contributed by atoms with Gasteiger partial charge in [-0.1, -0.05) is 17.7 Å². The largest absolute Gasteiger partial charge is 0.357 e. The molecule has 1 fully saturated rings. The number of aromatic nitrogens is 1. The first-order valence-corrected chi connectivity index (χ1v) is 8.69. The Bertz CT molecular complexity index is 786. The molecule has 0 saturated carbocycles. The van der Waals surface area contributed by atoms with Crippen molar-refractivity contribution < 1.29 is 9.59 Å². The van der Waals surface area contributed by atoms with E-state index in [4.69, 9.17) is 0 Å². The van der Waals surface area contributed by atoms with Gasteiger partial charge in [-0.25, -0.2) is 0 Å². The molecule has 1 aromatic carbocycles. The Balaban J connectivity index is 1.58. The van der Waals surface area contributed by atoms with Gasteiger partial charge in [0, 0.05) is 51.2 Å². The first kappa shape index (κ1) is 17.3. The Hall–Kier alpha value is -2.56. The number of nitrogens with zero attached hydrogens (tertiary/aromatic N) is 3. The van der Waals surface area contributed by atoms with Gasteiger partial charge in [0.1, 0.15) is 0 Å². The van der Waals surface area contributed by atoms with Gasteiger partial charge < -0.3 is 14.4 Å². The lowest BCUT2D eigenvalue weighted by Gasteiger charge is -2.35. The molecule has 0 bridgehead atoms. The molecule has 1 aromatic heterocycles. The standard InChI is InChI=1S/C20H25N3O2/c1-15-4-5-16(2)18(12-15)20(25)23-10-8-22(9-11-23)19(24)13-17-6-7-21(3)14-17/h4-7,12,14H,8-11,13H2,1-3H3. The van der Waals surface area contributed by atoms with Crippen molar-refractivity contribution in [1.82, 2.24) is 14.4 Å². The van der Waals surface area contributed by atoms with Crippen LogP contribution in [-0.4, -0.2) is 52.4 Å². The summed E-state index contributed by atoms with van der Waals surface area (Å²) in [5, 5.41) is 0. The SMILES string of the molecule is Cc1ccc(C)c(C(=O)N2CCN(C(=O)Cc3ccn(C)c3)CC2)c1. The molecule has 2 aromatic rings. The minimum absolute atomic E-state index is 0.0661. The molecular weight excluding hydrogens is 314 g/mol. The summed E-state index contributed by atoms with van der Waals surface area (Å²) in [6.45, 7) is 6.34. The molecule has 0 radical (unpaired) electrons. The summed E-state index contributed by atoms with van der Waals surface area (Å²) in [5.41, 5.74) is 3.88. The fourth-order valence-electron chi connectivity index (χ4n) is 3.25. The van der Waals surface area contributed by atoms with Crippen LogP contribution in [0.5, 0.6) is 0 Å². The molecule has 5 heteroatoms. The molecule has 2 amide bonds. The molecule has 1 aliphatic rings. The summed E-state index contributed by atoms with van der Waals surface area (Å²) in [4.78, 5) is 28.9. The van der Waals surface area contributed by atoms with Crippen LogP contribution in [0.3, 0.4) is 0 Å². The number of amides is 2. The highest BCUT2D eigenvalue weighted by Crippen LogP contribution is 2.15. The second kappa shape index (κ2) is 7.13. The normalized spacial score (nSPS) is 14.7. The number of carbonyl (C=O) groups is 2. The van der Waals surface area contributed by atoms with Crippen LogP contribution in [0.25, 0.3) is 0 Å². The second-order valence-corrected chi connectivity index (χ2v) is 6.85. The molecule has 1 aliphatic heterocycles. The van der Waals surface area contributed by atoms with Crippen molar-refractivity contribution in [3.63, 3.8) is 0 Å². The lowest BCUT2D eigenvalue weighted by atomic mass is 10.0. The van der Waals surface area contributed by atoms with Crippen LogP contribution in [0.2, 0.25) is 0 Å². The lowest BCUT2D eigenvalue weighted by Crippen LogP contribution is -2.51. The van der Waals surface area contributed by atoms with E-state index in [2.05, 4.69) is 0 Å². The Kier molecular flexibility index (Phi) is 4.93. The number of piperazine rings is 1. The quantitative estimate of drug-likeness (QED) is 0.860. The highest BCUT2D eigenvalue weighted by molar-refractivity contribution is 5.96. The molecule has 5 nitrogen and oxygen atoms in total. The third-order valence-electron chi connectivity index (χ3n) is 4.79. The highest BCUT2D eigenvalue weighted by atomic mass is 16.2. The van der Waals surface area contributed by atoms with E-state index in [1.165, 1.54) is 0 Å². The molecule has 2 heterocycles. The average Bonchev–Trinajstić information content (AvgIpc) is 3.01. The topological polar surface area (TPSA) is 45.6 Å². The zero-order chi connectivity index (χ0) is 18.0. The van der Waals surface area contributed by atoms with Gasteiger partial charge in [-0.15, -0.1) is 0 Å². The molecule has 1 saturated heterocycles. The number of rotatable bonds is 3. The smallest absolute Gasteiger partial charge is 0.254 e. The van der Waals surface area contributed by atoms with Gasteiger partial charge in [0.05, 0.1) is 6.42 Å². The van der Waals surface area contributed by atoms with Crippen molar-refractivity contribution >= 4 is 11.8 Å². The summed E-state index contributed by atoms with van der Waals surface area (Å²) in [6.07, 6.45) is 4.34. The summed E-state index contributed by atoms with van der Waals surface area (Å²) in [6, 6.07) is 7.93. The predicted molar refractivity (Wildman–Crippen MR) is 97.5 cm³/mol. The zero-order valence-electron chi connectivity index (χ0n) is 15.2. The van der Waals surface area contributed by atoms with Gasteiger partial charge in [-0.2, -0.15) is 0 Å². The number of aryl methyl sites for hydroxylation is 3. The van der Waals surface area contributed by atoms with Crippen LogP contribution >= 0.6 is 0 Å². The van der Waals surface area contributed by atoms with E-state index in [0.29, 0.717) is 32.6 Å². The Morgan fingerprint density at radius 2 is 1.68 bits per heavy atom. The summed E-state index contributed by atoms with van der Waals surface area (Å²) in [5.74, 6) is 0.196. The fourth-order valence-corrected chi connectivity index (χ4v) is 3.25. The average molecular weight is 339 g/mol.